The molecule has 16 heavy (non-hydrogen) atoms. The molecule has 1 aromatic carbocycles. The van der Waals surface area contributed by atoms with Crippen molar-refractivity contribution in [3.63, 3.8) is 0 Å². The van der Waals surface area contributed by atoms with Crippen molar-refractivity contribution in [3.05, 3.63) is 34.7 Å². The second-order valence-corrected chi connectivity index (χ2v) is 5.04. The van der Waals surface area contributed by atoms with E-state index in [1.165, 1.54) is 28.1 Å². The molecule has 1 saturated carbocycles. The maximum absolute atomic E-state index is 3.90. The second kappa shape index (κ2) is 3.24. The van der Waals surface area contributed by atoms with E-state index in [2.05, 4.69) is 49.9 Å². The summed E-state index contributed by atoms with van der Waals surface area (Å²) in [7, 11) is 4.17. The summed E-state index contributed by atoms with van der Waals surface area (Å²) in [6.07, 6.45) is 8.14. The average molecular weight is 211 g/mol. The minimum atomic E-state index is 0.815. The van der Waals surface area contributed by atoms with Crippen LogP contribution in [0.3, 0.4) is 0 Å². The fraction of sp³-hybridized carbons (Fsp3) is 0.333. The van der Waals surface area contributed by atoms with Crippen molar-refractivity contribution in [2.75, 3.05) is 19.0 Å². The predicted octanol–water partition coefficient (Wildman–Crippen LogP) is 1.61. The lowest BCUT2D eigenvalue weighted by Gasteiger charge is -2.16. The molecule has 2 aliphatic carbocycles. The molecule has 1 fully saturated rings. The highest BCUT2D eigenvalue weighted by molar-refractivity contribution is 5.68. The number of hydrogen-bond acceptors (Lipinski definition) is 1. The molecule has 0 spiro atoms. The zero-order valence-corrected chi connectivity index (χ0v) is 9.90. The van der Waals surface area contributed by atoms with E-state index in [4.69, 9.17) is 0 Å². The van der Waals surface area contributed by atoms with Crippen LogP contribution in [0.2, 0.25) is 0 Å². The quantitative estimate of drug-likeness (QED) is 0.718. The van der Waals surface area contributed by atoms with Gasteiger partial charge in [-0.05, 0) is 46.4 Å². The molecule has 0 bridgehead atoms. The number of hydrogen-bond donors (Lipinski definition) is 0. The van der Waals surface area contributed by atoms with Crippen molar-refractivity contribution >= 4 is 23.9 Å². The molecule has 2 aliphatic rings. The number of rotatable bonds is 2. The molecule has 1 aromatic rings. The van der Waals surface area contributed by atoms with Crippen LogP contribution in [0.25, 0.3) is 18.2 Å². The van der Waals surface area contributed by atoms with Crippen molar-refractivity contribution in [3.8, 4) is 0 Å². The Kier molecular flexibility index (Phi) is 1.97. The highest BCUT2D eigenvalue weighted by atomic mass is 15.1. The monoisotopic (exact) mass is 211 g/mol. The van der Waals surface area contributed by atoms with Gasteiger partial charge >= 0.3 is 0 Å². The highest BCUT2D eigenvalue weighted by Gasteiger charge is 2.34. The van der Waals surface area contributed by atoms with E-state index >= 15 is 0 Å². The van der Waals surface area contributed by atoms with Crippen molar-refractivity contribution < 1.29 is 0 Å². The summed E-state index contributed by atoms with van der Waals surface area (Å²) in [5.41, 5.74) is 2.49. The molecule has 0 amide bonds. The molecule has 0 aliphatic heterocycles. The summed E-state index contributed by atoms with van der Waals surface area (Å²) in [6, 6.07) is 4.56. The second-order valence-electron chi connectivity index (χ2n) is 5.04. The third-order valence-corrected chi connectivity index (χ3v) is 3.61. The molecule has 0 saturated heterocycles. The van der Waals surface area contributed by atoms with Gasteiger partial charge in [-0.2, -0.15) is 0 Å². The molecular formula is C15H17N. The van der Waals surface area contributed by atoms with Gasteiger partial charge in [0.25, 0.3) is 0 Å². The molecule has 1 nitrogen and oxygen atoms in total. The number of fused-ring (bicyclic) bond motifs is 2. The number of nitrogens with zero attached hydrogens (tertiary/aromatic N) is 1. The Morgan fingerprint density at radius 3 is 2.38 bits per heavy atom. The maximum atomic E-state index is 3.90. The van der Waals surface area contributed by atoms with Gasteiger partial charge < -0.3 is 4.90 Å². The van der Waals surface area contributed by atoms with Gasteiger partial charge in [0.2, 0.25) is 0 Å². The van der Waals surface area contributed by atoms with Crippen LogP contribution >= 0.6 is 0 Å². The minimum absolute atomic E-state index is 0.815. The van der Waals surface area contributed by atoms with Crippen molar-refractivity contribution in [2.45, 2.75) is 6.42 Å². The largest absolute Gasteiger partial charge is 0.377 e. The molecule has 0 aromatic heterocycles. The van der Waals surface area contributed by atoms with Gasteiger partial charge in [-0.3, -0.25) is 0 Å². The molecule has 0 radical (unpaired) electrons. The predicted molar refractivity (Wildman–Crippen MR) is 70.6 cm³/mol. The summed E-state index contributed by atoms with van der Waals surface area (Å²) in [5.74, 6) is 1.63. The summed E-state index contributed by atoms with van der Waals surface area (Å²) in [6.45, 7) is 3.90. The van der Waals surface area contributed by atoms with Gasteiger partial charge in [0.05, 0.1) is 0 Å². The van der Waals surface area contributed by atoms with Gasteiger partial charge in [0.1, 0.15) is 0 Å². The van der Waals surface area contributed by atoms with Crippen LogP contribution < -0.4 is 15.3 Å². The Morgan fingerprint density at radius 1 is 1.19 bits per heavy atom. The molecule has 2 unspecified atom stereocenters. The van der Waals surface area contributed by atoms with Crippen LogP contribution in [0.5, 0.6) is 0 Å². The average Bonchev–Trinajstić information content (AvgIpc) is 3.01. The lowest BCUT2D eigenvalue weighted by Crippen LogP contribution is -2.29. The Bertz CT molecular complexity index is 566. The van der Waals surface area contributed by atoms with Crippen molar-refractivity contribution in [1.82, 2.24) is 0 Å². The molecule has 0 N–H and O–H groups in total. The normalized spacial score (nSPS) is 24.6. The molecule has 3 rings (SSSR count). The zero-order chi connectivity index (χ0) is 11.3. The molecule has 1 heteroatoms. The van der Waals surface area contributed by atoms with E-state index in [1.54, 1.807) is 0 Å². The third kappa shape index (κ3) is 1.39. The smallest absolute Gasteiger partial charge is 0.0440 e. The maximum Gasteiger partial charge on any atom is 0.0440 e. The van der Waals surface area contributed by atoms with Gasteiger partial charge in [-0.25, -0.2) is 0 Å². The minimum Gasteiger partial charge on any atom is -0.377 e. The number of benzene rings is 1. The fourth-order valence-corrected chi connectivity index (χ4v) is 2.56. The topological polar surface area (TPSA) is 3.24 Å². The van der Waals surface area contributed by atoms with E-state index < -0.39 is 0 Å². The van der Waals surface area contributed by atoms with Crippen molar-refractivity contribution in [1.29, 1.82) is 0 Å². The van der Waals surface area contributed by atoms with E-state index in [0.717, 1.165) is 11.8 Å². The third-order valence-electron chi connectivity index (χ3n) is 3.61. The van der Waals surface area contributed by atoms with Gasteiger partial charge in [0.15, 0.2) is 0 Å². The van der Waals surface area contributed by atoms with Crippen LogP contribution in [-0.4, -0.2) is 14.1 Å². The van der Waals surface area contributed by atoms with Crippen LogP contribution in [0, 0.1) is 11.8 Å². The fourth-order valence-electron chi connectivity index (χ4n) is 2.56. The summed E-state index contributed by atoms with van der Waals surface area (Å²) < 4.78 is 0. The van der Waals surface area contributed by atoms with E-state index in [0.29, 0.717) is 0 Å². The van der Waals surface area contributed by atoms with Crippen LogP contribution in [0.15, 0.2) is 18.7 Å². The molecule has 2 atom stereocenters. The lowest BCUT2D eigenvalue weighted by molar-refractivity contribution is 1.05. The van der Waals surface area contributed by atoms with Gasteiger partial charge in [0, 0.05) is 19.8 Å². The van der Waals surface area contributed by atoms with Gasteiger partial charge in [-0.1, -0.05) is 24.8 Å². The van der Waals surface area contributed by atoms with E-state index in [-0.39, 0.29) is 0 Å². The molecule has 82 valence electrons. The van der Waals surface area contributed by atoms with Gasteiger partial charge in [-0.15, -0.1) is 0 Å². The highest BCUT2D eigenvalue weighted by Crippen LogP contribution is 2.42. The SMILES string of the molecule is C=Cc1cc2c(cc1N(C)C)=CC1CC1C=2. The van der Waals surface area contributed by atoms with Crippen LogP contribution in [0.4, 0.5) is 5.69 Å². The number of anilines is 1. The Hall–Kier alpha value is -1.50. The molecular weight excluding hydrogens is 194 g/mol. The Balaban J connectivity index is 2.28. The zero-order valence-electron chi connectivity index (χ0n) is 9.90. The first kappa shape index (κ1) is 9.71. The Morgan fingerprint density at radius 2 is 1.81 bits per heavy atom. The van der Waals surface area contributed by atoms with Crippen LogP contribution in [-0.2, 0) is 0 Å². The van der Waals surface area contributed by atoms with Crippen molar-refractivity contribution in [2.24, 2.45) is 11.8 Å². The summed E-state index contributed by atoms with van der Waals surface area (Å²) >= 11 is 0. The summed E-state index contributed by atoms with van der Waals surface area (Å²) in [4.78, 5) is 2.16. The van der Waals surface area contributed by atoms with E-state index in [9.17, 15) is 0 Å². The lowest BCUT2D eigenvalue weighted by atomic mass is 10.0. The first-order valence-electron chi connectivity index (χ1n) is 5.86. The standard InChI is InChI=1S/C15H17N/c1-4-10-5-11-6-12-7-13(12)8-14(11)9-15(10)16(2)3/h4-6,8-9,12-13H,1,7H2,2-3H3. The summed E-state index contributed by atoms with van der Waals surface area (Å²) in [5, 5.41) is 2.78. The first-order chi connectivity index (χ1) is 7.69. The van der Waals surface area contributed by atoms with Crippen LogP contribution in [0.1, 0.15) is 12.0 Å². The Labute approximate surface area is 96.4 Å². The first-order valence-corrected chi connectivity index (χ1v) is 5.86. The molecule has 0 heterocycles. The van der Waals surface area contributed by atoms with E-state index in [1.807, 2.05) is 6.08 Å².